The Labute approximate surface area is 115 Å². The van der Waals surface area contributed by atoms with E-state index in [0.29, 0.717) is 24.7 Å². The first-order valence-corrected chi connectivity index (χ1v) is 8.22. The van der Waals surface area contributed by atoms with Crippen molar-refractivity contribution < 1.29 is 8.42 Å². The van der Waals surface area contributed by atoms with Gasteiger partial charge in [-0.2, -0.15) is 0 Å². The van der Waals surface area contributed by atoms with Crippen LogP contribution in [0.25, 0.3) is 0 Å². The molecule has 0 aliphatic rings. The van der Waals surface area contributed by atoms with Crippen LogP contribution in [-0.4, -0.2) is 26.5 Å². The first-order chi connectivity index (χ1) is 9.05. The van der Waals surface area contributed by atoms with Crippen molar-refractivity contribution in [2.45, 2.75) is 38.6 Å². The first-order valence-electron chi connectivity index (χ1n) is 6.73. The highest BCUT2D eigenvalue weighted by molar-refractivity contribution is 7.89. The predicted molar refractivity (Wildman–Crippen MR) is 77.7 cm³/mol. The van der Waals surface area contributed by atoms with Gasteiger partial charge in [0.15, 0.2) is 5.03 Å². The van der Waals surface area contributed by atoms with E-state index in [1.807, 2.05) is 6.92 Å². The van der Waals surface area contributed by atoms with Gasteiger partial charge in [-0.15, -0.1) is 0 Å². The Morgan fingerprint density at radius 1 is 1.26 bits per heavy atom. The molecule has 1 aromatic rings. The molecule has 0 unspecified atom stereocenters. The van der Waals surface area contributed by atoms with Crippen LogP contribution in [0.3, 0.4) is 0 Å². The third kappa shape index (κ3) is 4.47. The van der Waals surface area contributed by atoms with E-state index < -0.39 is 10.0 Å². The summed E-state index contributed by atoms with van der Waals surface area (Å²) in [7, 11) is -3.55. The summed E-state index contributed by atoms with van der Waals surface area (Å²) >= 11 is 0. The number of nitrogens with one attached hydrogen (secondary N) is 2. The van der Waals surface area contributed by atoms with Gasteiger partial charge in [-0.3, -0.25) is 0 Å². The molecular weight excluding hydrogens is 262 g/mol. The molecule has 1 heterocycles. The molecular formula is C13H23N3O2S. The van der Waals surface area contributed by atoms with Crippen molar-refractivity contribution in [2.24, 2.45) is 5.92 Å². The van der Waals surface area contributed by atoms with Gasteiger partial charge in [0.2, 0.25) is 0 Å². The van der Waals surface area contributed by atoms with Crippen LogP contribution in [0, 0.1) is 5.92 Å². The number of nitrogens with zero attached hydrogens (tertiary/aromatic N) is 1. The van der Waals surface area contributed by atoms with Gasteiger partial charge in [0.1, 0.15) is 0 Å². The van der Waals surface area contributed by atoms with Crippen LogP contribution in [0.2, 0.25) is 0 Å². The van der Waals surface area contributed by atoms with Crippen LogP contribution in [0.15, 0.2) is 23.4 Å². The average Bonchev–Trinajstić information content (AvgIpc) is 2.41. The molecule has 6 heteroatoms. The van der Waals surface area contributed by atoms with E-state index in [-0.39, 0.29) is 5.03 Å². The molecule has 1 aromatic heterocycles. The first kappa shape index (κ1) is 15.9. The Bertz CT molecular complexity index is 484. The van der Waals surface area contributed by atoms with Crippen LogP contribution in [0.1, 0.15) is 33.6 Å². The topological polar surface area (TPSA) is 71.1 Å². The molecule has 2 N–H and O–H groups in total. The van der Waals surface area contributed by atoms with Gasteiger partial charge in [-0.25, -0.2) is 18.1 Å². The van der Waals surface area contributed by atoms with E-state index in [2.05, 4.69) is 28.9 Å². The Hall–Kier alpha value is -1.14. The lowest BCUT2D eigenvalue weighted by Gasteiger charge is -2.15. The molecule has 1 rings (SSSR count). The van der Waals surface area contributed by atoms with E-state index >= 15 is 0 Å². The molecule has 0 radical (unpaired) electrons. The normalized spacial score (nSPS) is 11.8. The molecule has 0 atom stereocenters. The number of hydrogen-bond donors (Lipinski definition) is 2. The van der Waals surface area contributed by atoms with Gasteiger partial charge < -0.3 is 5.32 Å². The summed E-state index contributed by atoms with van der Waals surface area (Å²) in [5.74, 6) is 0.362. The SMILES string of the molecule is CCNc1cccnc1S(=O)(=O)NCC(CC)CC. The minimum atomic E-state index is -3.55. The van der Waals surface area contributed by atoms with E-state index in [4.69, 9.17) is 0 Å². The fourth-order valence-electron chi connectivity index (χ4n) is 1.80. The molecule has 5 nitrogen and oxygen atoms in total. The van der Waals surface area contributed by atoms with Crippen molar-refractivity contribution in [3.05, 3.63) is 18.3 Å². The maximum Gasteiger partial charge on any atom is 0.260 e. The van der Waals surface area contributed by atoms with Gasteiger partial charge in [0, 0.05) is 19.3 Å². The molecule has 0 bridgehead atoms. The van der Waals surface area contributed by atoms with Crippen molar-refractivity contribution in [1.82, 2.24) is 9.71 Å². The van der Waals surface area contributed by atoms with Crippen LogP contribution in [0.4, 0.5) is 5.69 Å². The van der Waals surface area contributed by atoms with Crippen LogP contribution in [0.5, 0.6) is 0 Å². The van der Waals surface area contributed by atoms with Crippen LogP contribution < -0.4 is 10.0 Å². The van der Waals surface area contributed by atoms with Crippen LogP contribution >= 0.6 is 0 Å². The summed E-state index contributed by atoms with van der Waals surface area (Å²) in [6.07, 6.45) is 3.41. The van der Waals surface area contributed by atoms with E-state index in [1.54, 1.807) is 12.1 Å². The zero-order valence-electron chi connectivity index (χ0n) is 11.8. The minimum Gasteiger partial charge on any atom is -0.383 e. The average molecular weight is 285 g/mol. The summed E-state index contributed by atoms with van der Waals surface area (Å²) < 4.78 is 27.1. The van der Waals surface area contributed by atoms with Crippen LogP contribution in [-0.2, 0) is 10.0 Å². The van der Waals surface area contributed by atoms with Gasteiger partial charge in [0.05, 0.1) is 5.69 Å². The second-order valence-corrected chi connectivity index (χ2v) is 6.10. The summed E-state index contributed by atoms with van der Waals surface area (Å²) in [4.78, 5) is 3.99. The van der Waals surface area contributed by atoms with E-state index in [0.717, 1.165) is 12.8 Å². The Morgan fingerprint density at radius 2 is 1.95 bits per heavy atom. The molecule has 108 valence electrons. The lowest BCUT2D eigenvalue weighted by atomic mass is 10.0. The van der Waals surface area contributed by atoms with E-state index in [9.17, 15) is 8.42 Å². The molecule has 0 fully saturated rings. The molecule has 0 aliphatic heterocycles. The van der Waals surface area contributed by atoms with Gasteiger partial charge >= 0.3 is 0 Å². The number of pyridine rings is 1. The van der Waals surface area contributed by atoms with Crippen molar-refractivity contribution in [2.75, 3.05) is 18.4 Å². The summed E-state index contributed by atoms with van der Waals surface area (Å²) in [6.45, 7) is 7.15. The predicted octanol–water partition coefficient (Wildman–Crippen LogP) is 2.23. The highest BCUT2D eigenvalue weighted by Gasteiger charge is 2.20. The lowest BCUT2D eigenvalue weighted by Crippen LogP contribution is -2.30. The van der Waals surface area contributed by atoms with Crippen molar-refractivity contribution in [3.63, 3.8) is 0 Å². The standard InChI is InChI=1S/C13H23N3O2S/c1-4-11(5-2)10-16-19(17,18)13-12(14-6-3)8-7-9-15-13/h7-9,11,14,16H,4-6,10H2,1-3H3. The largest absolute Gasteiger partial charge is 0.383 e. The number of anilines is 1. The number of hydrogen-bond acceptors (Lipinski definition) is 4. The summed E-state index contributed by atoms with van der Waals surface area (Å²) in [5, 5.41) is 3.09. The quantitative estimate of drug-likeness (QED) is 0.768. The molecule has 0 saturated heterocycles. The van der Waals surface area contributed by atoms with Gasteiger partial charge in [-0.05, 0) is 25.0 Å². The zero-order valence-corrected chi connectivity index (χ0v) is 12.6. The number of rotatable bonds is 8. The number of sulfonamides is 1. The second-order valence-electron chi connectivity index (χ2n) is 4.42. The molecule has 0 amide bonds. The third-order valence-corrected chi connectivity index (χ3v) is 4.49. The van der Waals surface area contributed by atoms with Crippen molar-refractivity contribution in [1.29, 1.82) is 0 Å². The highest BCUT2D eigenvalue weighted by Crippen LogP contribution is 2.18. The summed E-state index contributed by atoms with van der Waals surface area (Å²) in [5.41, 5.74) is 0.544. The van der Waals surface area contributed by atoms with E-state index in [1.165, 1.54) is 6.20 Å². The van der Waals surface area contributed by atoms with Gasteiger partial charge in [-0.1, -0.05) is 26.7 Å². The van der Waals surface area contributed by atoms with Crippen molar-refractivity contribution >= 4 is 15.7 Å². The Balaban J connectivity index is 2.88. The maximum atomic E-state index is 12.3. The molecule has 0 saturated carbocycles. The maximum absolute atomic E-state index is 12.3. The fourth-order valence-corrected chi connectivity index (χ4v) is 3.02. The third-order valence-electron chi connectivity index (χ3n) is 3.11. The second kappa shape index (κ2) is 7.45. The smallest absolute Gasteiger partial charge is 0.260 e. The molecule has 0 aromatic carbocycles. The minimum absolute atomic E-state index is 0.0720. The zero-order chi connectivity index (χ0) is 14.3. The lowest BCUT2D eigenvalue weighted by molar-refractivity contribution is 0.478. The highest BCUT2D eigenvalue weighted by atomic mass is 32.2. The Morgan fingerprint density at radius 3 is 2.53 bits per heavy atom. The Kier molecular flexibility index (Phi) is 6.24. The van der Waals surface area contributed by atoms with Crippen molar-refractivity contribution in [3.8, 4) is 0 Å². The molecule has 0 aliphatic carbocycles. The van der Waals surface area contributed by atoms with Gasteiger partial charge in [0.25, 0.3) is 10.0 Å². The molecule has 0 spiro atoms. The molecule has 19 heavy (non-hydrogen) atoms. The number of aromatic nitrogens is 1. The fraction of sp³-hybridized carbons (Fsp3) is 0.615. The monoisotopic (exact) mass is 285 g/mol. The summed E-state index contributed by atoms with van der Waals surface area (Å²) in [6, 6.07) is 3.44.